The number of nitrogens with zero attached hydrogens (tertiary/aromatic N) is 3. The Balaban J connectivity index is 1.45. The molecule has 0 N–H and O–H groups in total. The van der Waals surface area contributed by atoms with Crippen molar-refractivity contribution in [2.75, 3.05) is 20.3 Å². The first-order valence-corrected chi connectivity index (χ1v) is 9.46. The van der Waals surface area contributed by atoms with Gasteiger partial charge in [-0.15, -0.1) is 0 Å². The third-order valence-corrected chi connectivity index (χ3v) is 6.09. The van der Waals surface area contributed by atoms with Crippen molar-refractivity contribution in [2.24, 2.45) is 0 Å². The summed E-state index contributed by atoms with van der Waals surface area (Å²) < 4.78 is 11.4. The summed E-state index contributed by atoms with van der Waals surface area (Å²) >= 11 is 0. The van der Waals surface area contributed by atoms with Crippen molar-refractivity contribution in [3.8, 4) is 5.88 Å². The molecule has 0 radical (unpaired) electrons. The Labute approximate surface area is 162 Å². The molecule has 3 fully saturated rings. The molecule has 2 aromatic rings. The maximum atomic E-state index is 13.2. The zero-order valence-electron chi connectivity index (χ0n) is 15.6. The van der Waals surface area contributed by atoms with Crippen LogP contribution in [0.15, 0.2) is 48.7 Å². The minimum absolute atomic E-state index is 0.0427. The highest BCUT2D eigenvalue weighted by atomic mass is 16.5. The third-order valence-electron chi connectivity index (χ3n) is 6.09. The van der Waals surface area contributed by atoms with Crippen LogP contribution in [-0.4, -0.2) is 58.6 Å². The molecule has 0 bridgehead atoms. The van der Waals surface area contributed by atoms with E-state index in [9.17, 15) is 9.59 Å². The van der Waals surface area contributed by atoms with Gasteiger partial charge < -0.3 is 19.3 Å². The van der Waals surface area contributed by atoms with Crippen LogP contribution in [0.25, 0.3) is 0 Å². The number of amides is 2. The van der Waals surface area contributed by atoms with Gasteiger partial charge in [-0.1, -0.05) is 30.3 Å². The van der Waals surface area contributed by atoms with Crippen LogP contribution in [0, 0.1) is 0 Å². The van der Waals surface area contributed by atoms with E-state index < -0.39 is 5.72 Å². The molecule has 0 aliphatic carbocycles. The van der Waals surface area contributed by atoms with Gasteiger partial charge in [-0.05, 0) is 11.6 Å². The maximum absolute atomic E-state index is 13.2. The summed E-state index contributed by atoms with van der Waals surface area (Å²) in [5.41, 5.74) is 0.856. The first-order chi connectivity index (χ1) is 13.6. The molecule has 1 spiro atoms. The van der Waals surface area contributed by atoms with Gasteiger partial charge in [0, 0.05) is 30.8 Å². The van der Waals surface area contributed by atoms with Gasteiger partial charge in [0.05, 0.1) is 32.2 Å². The number of pyridine rings is 1. The fourth-order valence-corrected chi connectivity index (χ4v) is 4.83. The number of carbonyl (C=O) groups is 2. The number of hydrogen-bond acceptors (Lipinski definition) is 5. The second-order valence-corrected chi connectivity index (χ2v) is 7.40. The highest BCUT2D eigenvalue weighted by Gasteiger charge is 2.65. The lowest BCUT2D eigenvalue weighted by atomic mass is 10.0. The summed E-state index contributed by atoms with van der Waals surface area (Å²) in [6, 6.07) is 12.9. The lowest BCUT2D eigenvalue weighted by molar-refractivity contribution is -0.138. The zero-order valence-corrected chi connectivity index (χ0v) is 15.6. The molecular weight excluding hydrogens is 358 g/mol. The highest BCUT2D eigenvalue weighted by Crippen LogP contribution is 2.51. The van der Waals surface area contributed by atoms with Crippen LogP contribution < -0.4 is 4.74 Å². The Kier molecular flexibility index (Phi) is 3.87. The molecule has 3 aliphatic rings. The van der Waals surface area contributed by atoms with E-state index in [1.807, 2.05) is 35.2 Å². The van der Waals surface area contributed by atoms with Gasteiger partial charge in [0.25, 0.3) is 5.91 Å². The van der Waals surface area contributed by atoms with Gasteiger partial charge in [0.2, 0.25) is 11.8 Å². The fraction of sp³-hybridized carbons (Fsp3) is 0.381. The van der Waals surface area contributed by atoms with E-state index in [0.717, 1.165) is 5.56 Å². The minimum Gasteiger partial charge on any atom is -0.481 e. The van der Waals surface area contributed by atoms with Gasteiger partial charge in [0.1, 0.15) is 0 Å². The Bertz CT molecular complexity index is 934. The SMILES string of the molecule is COc1cc(C(=O)N2CC[C@@]34OC[C@@H](c5ccccc5)N3C(=O)C[C@@H]24)ccn1. The molecule has 1 aromatic carbocycles. The van der Waals surface area contributed by atoms with Crippen molar-refractivity contribution in [1.29, 1.82) is 0 Å². The molecule has 0 unspecified atom stereocenters. The van der Waals surface area contributed by atoms with Crippen LogP contribution in [-0.2, 0) is 9.53 Å². The summed E-state index contributed by atoms with van der Waals surface area (Å²) in [4.78, 5) is 33.8. The van der Waals surface area contributed by atoms with Crippen LogP contribution in [0.3, 0.4) is 0 Å². The molecule has 7 heteroatoms. The third kappa shape index (κ3) is 2.36. The summed E-state index contributed by atoms with van der Waals surface area (Å²) in [6.45, 7) is 1.01. The summed E-state index contributed by atoms with van der Waals surface area (Å²) in [6.07, 6.45) is 2.47. The second-order valence-electron chi connectivity index (χ2n) is 7.40. The van der Waals surface area contributed by atoms with E-state index in [0.29, 0.717) is 31.0 Å². The predicted molar refractivity (Wildman–Crippen MR) is 99.6 cm³/mol. The average molecular weight is 379 g/mol. The monoisotopic (exact) mass is 379 g/mol. The number of carbonyl (C=O) groups excluding carboxylic acids is 2. The van der Waals surface area contributed by atoms with Crippen molar-refractivity contribution < 1.29 is 19.1 Å². The number of hydrogen-bond donors (Lipinski definition) is 0. The molecule has 1 aromatic heterocycles. The molecule has 4 heterocycles. The van der Waals surface area contributed by atoms with E-state index in [1.165, 1.54) is 7.11 Å². The van der Waals surface area contributed by atoms with E-state index in [1.54, 1.807) is 23.2 Å². The Morgan fingerprint density at radius 1 is 1.29 bits per heavy atom. The molecule has 7 nitrogen and oxygen atoms in total. The smallest absolute Gasteiger partial charge is 0.254 e. The molecule has 28 heavy (non-hydrogen) atoms. The van der Waals surface area contributed by atoms with E-state index in [2.05, 4.69) is 4.98 Å². The lowest BCUT2D eigenvalue weighted by Gasteiger charge is -2.33. The maximum Gasteiger partial charge on any atom is 0.254 e. The molecule has 3 saturated heterocycles. The highest BCUT2D eigenvalue weighted by molar-refractivity contribution is 5.96. The van der Waals surface area contributed by atoms with Gasteiger partial charge in [-0.25, -0.2) is 4.98 Å². The zero-order chi connectivity index (χ0) is 19.3. The van der Waals surface area contributed by atoms with E-state index in [4.69, 9.17) is 9.47 Å². The van der Waals surface area contributed by atoms with Gasteiger partial charge in [-0.3, -0.25) is 9.59 Å². The minimum atomic E-state index is -0.718. The van der Waals surface area contributed by atoms with Crippen molar-refractivity contribution >= 4 is 11.8 Å². The summed E-state index contributed by atoms with van der Waals surface area (Å²) in [5.74, 6) is 0.315. The largest absolute Gasteiger partial charge is 0.481 e. The van der Waals surface area contributed by atoms with Gasteiger partial charge >= 0.3 is 0 Å². The Morgan fingerprint density at radius 3 is 2.89 bits per heavy atom. The van der Waals surface area contributed by atoms with Crippen LogP contribution in [0.5, 0.6) is 5.88 Å². The number of benzene rings is 1. The van der Waals surface area contributed by atoms with Gasteiger partial charge in [0.15, 0.2) is 5.72 Å². The van der Waals surface area contributed by atoms with Crippen LogP contribution in [0.4, 0.5) is 0 Å². The van der Waals surface area contributed by atoms with Crippen molar-refractivity contribution in [1.82, 2.24) is 14.8 Å². The molecule has 3 aliphatic heterocycles. The van der Waals surface area contributed by atoms with Gasteiger partial charge in [-0.2, -0.15) is 0 Å². The summed E-state index contributed by atoms with van der Waals surface area (Å²) in [5, 5.41) is 0. The molecule has 3 atom stereocenters. The van der Waals surface area contributed by atoms with Crippen molar-refractivity contribution in [2.45, 2.75) is 30.7 Å². The van der Waals surface area contributed by atoms with Crippen LogP contribution >= 0.6 is 0 Å². The normalized spacial score (nSPS) is 28.4. The molecule has 5 rings (SSSR count). The lowest BCUT2D eigenvalue weighted by Crippen LogP contribution is -2.49. The standard InChI is InChI=1S/C21H21N3O4/c1-27-18-11-15(7-9-22-18)20(26)23-10-8-21-17(23)12-19(25)24(21)16(13-28-21)14-5-3-2-4-6-14/h2-7,9,11,16-17H,8,10,12-13H2,1H3/t16-,17+,21-/m0/s1. The number of rotatable bonds is 3. The first kappa shape index (κ1) is 17.2. The fourth-order valence-electron chi connectivity index (χ4n) is 4.83. The predicted octanol–water partition coefficient (Wildman–Crippen LogP) is 2.00. The first-order valence-electron chi connectivity index (χ1n) is 9.46. The molecule has 0 saturated carbocycles. The quantitative estimate of drug-likeness (QED) is 0.816. The number of ether oxygens (including phenoxy) is 2. The summed E-state index contributed by atoms with van der Waals surface area (Å²) in [7, 11) is 1.52. The van der Waals surface area contributed by atoms with E-state index >= 15 is 0 Å². The topological polar surface area (TPSA) is 72.0 Å². The molecular formula is C21H21N3O4. The number of likely N-dealkylation sites (tertiary alicyclic amines) is 1. The van der Waals surface area contributed by atoms with Crippen molar-refractivity contribution in [3.63, 3.8) is 0 Å². The van der Waals surface area contributed by atoms with Crippen LogP contribution in [0.2, 0.25) is 0 Å². The van der Waals surface area contributed by atoms with Crippen LogP contribution in [0.1, 0.15) is 34.8 Å². The molecule has 2 amide bonds. The number of methoxy groups -OCH3 is 1. The second kappa shape index (κ2) is 6.31. The Hall–Kier alpha value is -2.93. The van der Waals surface area contributed by atoms with E-state index in [-0.39, 0.29) is 30.3 Å². The average Bonchev–Trinajstić information content (AvgIpc) is 3.37. The van der Waals surface area contributed by atoms with Crippen molar-refractivity contribution in [3.05, 3.63) is 59.8 Å². The molecule has 144 valence electrons. The number of aromatic nitrogens is 1. The Morgan fingerprint density at radius 2 is 2.11 bits per heavy atom.